The molecule has 1 amide bonds. The summed E-state index contributed by atoms with van der Waals surface area (Å²) in [7, 11) is -6.52. The molecule has 1 saturated heterocycles. The van der Waals surface area contributed by atoms with Gasteiger partial charge in [-0.2, -0.15) is 16.8 Å². The first-order valence-electron chi connectivity index (χ1n) is 6.11. The van der Waals surface area contributed by atoms with E-state index in [1.165, 1.54) is 14.0 Å². The van der Waals surface area contributed by atoms with Crippen LogP contribution in [0.5, 0.6) is 0 Å². The molecule has 0 bridgehead atoms. The fourth-order valence-electron chi connectivity index (χ4n) is 2.00. The lowest BCUT2D eigenvalue weighted by Crippen LogP contribution is -2.62. The second kappa shape index (κ2) is 7.19. The van der Waals surface area contributed by atoms with Gasteiger partial charge in [-0.3, -0.25) is 13.2 Å². The molecule has 1 fully saturated rings. The van der Waals surface area contributed by atoms with Crippen LogP contribution in [-0.2, 0) is 42.9 Å². The highest BCUT2D eigenvalue weighted by molar-refractivity contribution is 7.86. The zero-order chi connectivity index (χ0) is 17.1. The zero-order valence-electron chi connectivity index (χ0n) is 12.5. The number of hydrogen-bond acceptors (Lipinski definition) is 9. The number of rotatable bonds is 6. The first-order valence-corrected chi connectivity index (χ1v) is 9.74. The Morgan fingerprint density at radius 2 is 1.68 bits per heavy atom. The van der Waals surface area contributed by atoms with Crippen LogP contribution in [0.4, 0.5) is 0 Å². The lowest BCUT2D eigenvalue weighted by atomic mass is 10.0. The highest BCUT2D eigenvalue weighted by Gasteiger charge is 2.46. The topological polar surface area (TPSA) is 134 Å². The summed E-state index contributed by atoms with van der Waals surface area (Å²) in [5.41, 5.74) is 0. The Morgan fingerprint density at radius 1 is 1.14 bits per heavy atom. The molecular weight excluding hydrogens is 342 g/mol. The third kappa shape index (κ3) is 6.14. The fraction of sp³-hybridized carbons (Fsp3) is 0.900. The van der Waals surface area contributed by atoms with E-state index in [2.05, 4.69) is 5.32 Å². The third-order valence-electron chi connectivity index (χ3n) is 2.63. The maximum absolute atomic E-state index is 11.4. The number of hydrogen-bond donors (Lipinski definition) is 1. The van der Waals surface area contributed by atoms with Crippen molar-refractivity contribution in [2.75, 3.05) is 26.2 Å². The second-order valence-corrected chi connectivity index (χ2v) is 7.97. The van der Waals surface area contributed by atoms with Crippen molar-refractivity contribution < 1.29 is 39.5 Å². The Hall–Kier alpha value is -0.790. The summed E-state index contributed by atoms with van der Waals surface area (Å²) in [4.78, 5) is 11.3. The minimum absolute atomic E-state index is 0.236. The van der Waals surface area contributed by atoms with Gasteiger partial charge in [0.2, 0.25) is 5.91 Å². The quantitative estimate of drug-likeness (QED) is 0.543. The highest BCUT2D eigenvalue weighted by Crippen LogP contribution is 2.23. The molecule has 0 aliphatic carbocycles. The monoisotopic (exact) mass is 361 g/mol. The Morgan fingerprint density at radius 3 is 2.09 bits per heavy atom. The number of nitrogens with one attached hydrogen (secondary N) is 1. The van der Waals surface area contributed by atoms with Crippen molar-refractivity contribution >= 4 is 26.1 Å². The average Bonchev–Trinajstić information content (AvgIpc) is 2.29. The maximum atomic E-state index is 11.4. The fourth-order valence-corrected chi connectivity index (χ4v) is 3.24. The van der Waals surface area contributed by atoms with E-state index in [0.29, 0.717) is 0 Å². The van der Waals surface area contributed by atoms with Gasteiger partial charge in [0, 0.05) is 14.0 Å². The number of amides is 1. The SMILES string of the molecule is CO[C@@H]1OC[C@@H](OS(C)(=O)=O)[C@H](NC(C)=O)[C@H]1OS(C)(=O)=O. The van der Waals surface area contributed by atoms with E-state index in [1.54, 1.807) is 0 Å². The molecule has 0 radical (unpaired) electrons. The van der Waals surface area contributed by atoms with Crippen LogP contribution in [0, 0.1) is 0 Å². The van der Waals surface area contributed by atoms with Crippen molar-refractivity contribution in [3.05, 3.63) is 0 Å². The molecular formula is C10H19NO9S2. The minimum atomic E-state index is -3.92. The van der Waals surface area contributed by atoms with E-state index in [4.69, 9.17) is 17.8 Å². The first kappa shape index (κ1) is 19.3. The molecule has 12 heteroatoms. The van der Waals surface area contributed by atoms with Crippen LogP contribution >= 0.6 is 0 Å². The summed E-state index contributed by atoms with van der Waals surface area (Å²) in [6.45, 7) is 0.951. The molecule has 1 heterocycles. The smallest absolute Gasteiger partial charge is 0.264 e. The van der Waals surface area contributed by atoms with Gasteiger partial charge in [-0.1, -0.05) is 0 Å². The van der Waals surface area contributed by atoms with Crippen molar-refractivity contribution in [2.45, 2.75) is 31.5 Å². The Labute approximate surface area is 129 Å². The lowest BCUT2D eigenvalue weighted by molar-refractivity contribution is -0.223. The molecule has 1 N–H and O–H groups in total. The Bertz CT molecular complexity index is 600. The number of carbonyl (C=O) groups excluding carboxylic acids is 1. The molecule has 0 saturated carbocycles. The van der Waals surface area contributed by atoms with Crippen LogP contribution in [0.2, 0.25) is 0 Å². The Kier molecular flexibility index (Phi) is 6.29. The van der Waals surface area contributed by atoms with E-state index in [9.17, 15) is 21.6 Å². The van der Waals surface area contributed by atoms with Crippen LogP contribution in [-0.4, -0.2) is 73.5 Å². The molecule has 22 heavy (non-hydrogen) atoms. The van der Waals surface area contributed by atoms with Crippen LogP contribution in [0.15, 0.2) is 0 Å². The normalized spacial score (nSPS) is 30.0. The number of ether oxygens (including phenoxy) is 2. The van der Waals surface area contributed by atoms with Gasteiger partial charge in [0.1, 0.15) is 6.10 Å². The largest absolute Gasteiger partial charge is 0.353 e. The molecule has 130 valence electrons. The summed E-state index contributed by atoms with van der Waals surface area (Å²) in [6, 6.07) is -1.10. The molecule has 1 aliphatic rings. The summed E-state index contributed by atoms with van der Waals surface area (Å²) in [6.07, 6.45) is -1.94. The van der Waals surface area contributed by atoms with Gasteiger partial charge in [-0.15, -0.1) is 0 Å². The first-order chi connectivity index (χ1) is 9.93. The number of carbonyl (C=O) groups is 1. The van der Waals surface area contributed by atoms with Crippen LogP contribution < -0.4 is 5.32 Å². The van der Waals surface area contributed by atoms with Crippen molar-refractivity contribution in [1.82, 2.24) is 5.32 Å². The van der Waals surface area contributed by atoms with Gasteiger partial charge in [0.15, 0.2) is 12.4 Å². The standard InChI is InChI=1S/C10H19NO9S2/c1-6(12)11-8-7(19-21(3,13)14)5-18-10(17-2)9(8)20-22(4,15)16/h7-10H,5H2,1-4H3,(H,11,12)/t7-,8+,9-,10-/m1/s1. The van der Waals surface area contributed by atoms with Crippen molar-refractivity contribution in [3.8, 4) is 0 Å². The molecule has 0 aromatic heterocycles. The maximum Gasteiger partial charge on any atom is 0.264 e. The molecule has 1 aliphatic heterocycles. The predicted octanol–water partition coefficient (Wildman–Crippen LogP) is -1.82. The van der Waals surface area contributed by atoms with Gasteiger partial charge < -0.3 is 14.8 Å². The van der Waals surface area contributed by atoms with E-state index >= 15 is 0 Å². The van der Waals surface area contributed by atoms with Gasteiger partial charge >= 0.3 is 0 Å². The van der Waals surface area contributed by atoms with E-state index in [1.807, 2.05) is 0 Å². The minimum Gasteiger partial charge on any atom is -0.353 e. The van der Waals surface area contributed by atoms with Crippen LogP contribution in [0.3, 0.4) is 0 Å². The second-order valence-electron chi connectivity index (χ2n) is 4.77. The molecule has 0 aromatic carbocycles. The summed E-state index contributed by atoms with van der Waals surface area (Å²) in [5, 5.41) is 2.41. The van der Waals surface area contributed by atoms with Crippen LogP contribution in [0.25, 0.3) is 0 Å². The molecule has 0 aromatic rings. The van der Waals surface area contributed by atoms with Gasteiger partial charge in [-0.05, 0) is 0 Å². The summed E-state index contributed by atoms with van der Waals surface area (Å²) >= 11 is 0. The average molecular weight is 361 g/mol. The van der Waals surface area contributed by atoms with Gasteiger partial charge in [0.05, 0.1) is 25.2 Å². The van der Waals surface area contributed by atoms with Crippen molar-refractivity contribution in [3.63, 3.8) is 0 Å². The van der Waals surface area contributed by atoms with Crippen LogP contribution in [0.1, 0.15) is 6.92 Å². The van der Waals surface area contributed by atoms with Crippen molar-refractivity contribution in [1.29, 1.82) is 0 Å². The van der Waals surface area contributed by atoms with E-state index < -0.39 is 50.7 Å². The zero-order valence-corrected chi connectivity index (χ0v) is 14.1. The van der Waals surface area contributed by atoms with Gasteiger partial charge in [0.25, 0.3) is 20.2 Å². The molecule has 1 rings (SSSR count). The highest BCUT2D eigenvalue weighted by atomic mass is 32.2. The van der Waals surface area contributed by atoms with Crippen molar-refractivity contribution in [2.24, 2.45) is 0 Å². The molecule has 10 nitrogen and oxygen atoms in total. The number of methoxy groups -OCH3 is 1. The summed E-state index contributed by atoms with van der Waals surface area (Å²) < 4.78 is 65.2. The third-order valence-corrected chi connectivity index (χ3v) is 3.80. The summed E-state index contributed by atoms with van der Waals surface area (Å²) in [5.74, 6) is -0.522. The molecule has 0 spiro atoms. The van der Waals surface area contributed by atoms with E-state index in [-0.39, 0.29) is 6.61 Å². The molecule has 0 unspecified atom stereocenters. The van der Waals surface area contributed by atoms with Gasteiger partial charge in [-0.25, -0.2) is 0 Å². The Balaban J connectivity index is 3.13. The van der Waals surface area contributed by atoms with E-state index in [0.717, 1.165) is 12.5 Å². The molecule has 4 atom stereocenters. The lowest BCUT2D eigenvalue weighted by Gasteiger charge is -2.40. The predicted molar refractivity (Wildman–Crippen MR) is 73.8 cm³/mol.